The molecule has 634 valence electrons. The number of carbonyl (C=O) groups is 19. The van der Waals surface area contributed by atoms with Crippen molar-refractivity contribution in [1.29, 1.82) is 0 Å². The standard InChI is InChI=1S/C71H108N16O27/c1-9-35(4)53-71(112)114-37(6)54(84-68(108)55(57(98)59(73)99)85-63(103)43(24-26-51(94)95)80-64(104)44(28-38-30-74-40-20-15-14-19-39(38)40)77-47(89)22-13-11-10-12-18-34(2)3)69(109)87(7)32-49(91)76-36(5)60(100)82-45(29-52(96)97)65(105)79-41(21-16-17-27-72)61(101)86-56(58(113-8)70(110)111)67(107)75-31-48(90)78-46(33-88)66(106)81-42(62(102)83-53)23-25-50(92)93/h14-15,19-20,30,34-37,41-46,53-58,74,88,98H,9-13,16-18,21-29,31-33,72H2,1-8H3,(H2,73,99)(H,75,107)(H,76,91)(H,77,89)(H,78,90)(H,79,105)(H,80,104)(H,81,106)(H,82,100)(H,83,102)(H,84,108)(H,85,103)(H,86,101)(H,92,93)(H,94,95)(H,96,97)(H,110,111). The van der Waals surface area contributed by atoms with E-state index >= 15 is 0 Å². The smallest absolute Gasteiger partial charge is 0.335 e. The summed E-state index contributed by atoms with van der Waals surface area (Å²) in [4.78, 5) is 264. The number of ether oxygens (including phenoxy) is 2. The lowest BCUT2D eigenvalue weighted by Crippen LogP contribution is -2.64. The van der Waals surface area contributed by atoms with Gasteiger partial charge in [0.1, 0.15) is 72.6 Å². The summed E-state index contributed by atoms with van der Waals surface area (Å²) in [5.41, 5.74) is 12.3. The number of esters is 1. The van der Waals surface area contributed by atoms with Crippen LogP contribution in [0.2, 0.25) is 0 Å². The molecule has 1 aromatic carbocycles. The molecule has 1 aliphatic rings. The fourth-order valence-electron chi connectivity index (χ4n) is 11.6. The van der Waals surface area contributed by atoms with E-state index in [4.69, 9.17) is 20.9 Å². The molecule has 23 N–H and O–H groups in total. The van der Waals surface area contributed by atoms with Gasteiger partial charge in [-0.05, 0) is 82.4 Å². The van der Waals surface area contributed by atoms with Crippen molar-refractivity contribution < 1.29 is 131 Å². The Hall–Kier alpha value is -11.5. The van der Waals surface area contributed by atoms with Crippen molar-refractivity contribution in [3.05, 3.63) is 36.0 Å². The van der Waals surface area contributed by atoms with E-state index in [1.807, 2.05) is 16.0 Å². The van der Waals surface area contributed by atoms with Gasteiger partial charge in [0.15, 0.2) is 12.2 Å². The van der Waals surface area contributed by atoms with E-state index in [-0.39, 0.29) is 45.1 Å². The van der Waals surface area contributed by atoms with E-state index in [2.05, 4.69) is 66.7 Å². The van der Waals surface area contributed by atoms with Gasteiger partial charge in [0.2, 0.25) is 82.7 Å². The first-order valence-electron chi connectivity index (χ1n) is 37.0. The summed E-state index contributed by atoms with van der Waals surface area (Å²) in [5.74, 6) is -27.5. The number of primary amides is 1. The second kappa shape index (κ2) is 48.4. The molecule has 43 heteroatoms. The Kier molecular flexibility index (Phi) is 41.1. The molecule has 15 unspecified atom stereocenters. The number of aromatic amines is 1. The summed E-state index contributed by atoms with van der Waals surface area (Å²) in [6, 6.07) is -15.4. The summed E-state index contributed by atoms with van der Waals surface area (Å²) in [6.07, 6.45) is -6.64. The van der Waals surface area contributed by atoms with Gasteiger partial charge in [0.05, 0.1) is 26.1 Å². The topological polar surface area (TPSA) is 680 Å². The molecule has 2 heterocycles. The number of benzene rings is 1. The van der Waals surface area contributed by atoms with Crippen molar-refractivity contribution in [2.45, 2.75) is 229 Å². The van der Waals surface area contributed by atoms with Crippen LogP contribution in [-0.4, -0.2) is 278 Å². The largest absolute Gasteiger partial charge is 0.481 e. The van der Waals surface area contributed by atoms with Crippen molar-refractivity contribution in [2.24, 2.45) is 23.3 Å². The van der Waals surface area contributed by atoms with Crippen molar-refractivity contribution in [3.8, 4) is 0 Å². The average Bonchev–Trinajstić information content (AvgIpc) is 1.60. The highest BCUT2D eigenvalue weighted by Crippen LogP contribution is 2.21. The van der Waals surface area contributed by atoms with Crippen LogP contribution in [-0.2, 0) is 107 Å². The van der Waals surface area contributed by atoms with Crippen LogP contribution in [0.25, 0.3) is 10.9 Å². The highest BCUT2D eigenvalue weighted by Gasteiger charge is 2.44. The van der Waals surface area contributed by atoms with Gasteiger partial charge < -0.3 is 125 Å². The molecule has 0 aliphatic carbocycles. The van der Waals surface area contributed by atoms with Crippen molar-refractivity contribution in [1.82, 2.24) is 73.7 Å². The number of H-pyrrole nitrogens is 1. The molecule has 1 fully saturated rings. The summed E-state index contributed by atoms with van der Waals surface area (Å²) in [5, 5.41) is 88.2. The third-order valence-corrected chi connectivity index (χ3v) is 18.3. The maximum absolute atomic E-state index is 14.9. The number of cyclic esters (lactones) is 1. The van der Waals surface area contributed by atoms with Gasteiger partial charge in [-0.2, -0.15) is 0 Å². The first-order chi connectivity index (χ1) is 53.7. The molecule has 1 aliphatic heterocycles. The molecule has 15 atom stereocenters. The zero-order valence-electron chi connectivity index (χ0n) is 64.6. The predicted octanol–water partition coefficient (Wildman–Crippen LogP) is -6.10. The number of aliphatic hydroxyl groups is 2. The molecular weight excluding hydrogens is 1510 g/mol. The molecule has 1 saturated heterocycles. The van der Waals surface area contributed by atoms with Gasteiger partial charge in [0.25, 0.3) is 0 Å². The molecule has 0 radical (unpaired) electrons. The van der Waals surface area contributed by atoms with Crippen molar-refractivity contribution in [2.75, 3.05) is 40.4 Å². The van der Waals surface area contributed by atoms with Gasteiger partial charge in [-0.3, -0.25) is 81.5 Å². The number of para-hydroxylation sites is 1. The molecular formula is C71H108N16O27. The van der Waals surface area contributed by atoms with Crippen LogP contribution in [0, 0.1) is 11.8 Å². The Bertz CT molecular complexity index is 3740. The Labute approximate surface area is 654 Å². The normalized spacial score (nSPS) is 22.1. The van der Waals surface area contributed by atoms with Crippen molar-refractivity contribution >= 4 is 123 Å². The Balaban J connectivity index is 2.25. The van der Waals surface area contributed by atoms with E-state index in [1.54, 1.807) is 30.5 Å². The number of carboxylic acids is 4. The van der Waals surface area contributed by atoms with E-state index in [0.29, 0.717) is 40.1 Å². The number of nitrogens with two attached hydrogens (primary N) is 2. The molecule has 2 aromatic rings. The number of amides is 14. The van der Waals surface area contributed by atoms with Crippen LogP contribution in [0.15, 0.2) is 30.5 Å². The minimum Gasteiger partial charge on any atom is -0.481 e. The second-order valence-electron chi connectivity index (χ2n) is 27.8. The number of nitrogens with zero attached hydrogens (tertiary/aromatic N) is 1. The number of methoxy groups -OCH3 is 1. The number of aliphatic carboxylic acids is 4. The Morgan fingerprint density at radius 1 is 0.640 bits per heavy atom. The molecule has 43 nitrogen and oxygen atoms in total. The monoisotopic (exact) mass is 1620 g/mol. The van der Waals surface area contributed by atoms with Gasteiger partial charge in [-0.1, -0.05) is 78.0 Å². The predicted molar refractivity (Wildman–Crippen MR) is 397 cm³/mol. The molecule has 14 amide bonds. The quantitative estimate of drug-likeness (QED) is 0.0223. The lowest BCUT2D eigenvalue weighted by Gasteiger charge is -2.32. The minimum atomic E-state index is -2.79. The third-order valence-electron chi connectivity index (χ3n) is 18.3. The van der Waals surface area contributed by atoms with Crippen LogP contribution in [0.3, 0.4) is 0 Å². The van der Waals surface area contributed by atoms with E-state index < -0.39 is 255 Å². The lowest BCUT2D eigenvalue weighted by molar-refractivity contribution is -0.159. The molecule has 114 heavy (non-hydrogen) atoms. The number of likely N-dealkylation sites (N-methyl/N-ethyl adjacent to an activating group) is 1. The number of rotatable bonds is 36. The summed E-state index contributed by atoms with van der Waals surface area (Å²) in [7, 11) is 1.72. The summed E-state index contributed by atoms with van der Waals surface area (Å²) >= 11 is 0. The highest BCUT2D eigenvalue weighted by molar-refractivity contribution is 6.02. The third kappa shape index (κ3) is 32.3. The highest BCUT2D eigenvalue weighted by atomic mass is 16.5. The average molecular weight is 1620 g/mol. The fourth-order valence-corrected chi connectivity index (χ4v) is 11.6. The van der Waals surface area contributed by atoms with Gasteiger partial charge >= 0.3 is 29.8 Å². The fraction of sp³-hybridized carbons (Fsp3) is 0.620. The van der Waals surface area contributed by atoms with Crippen LogP contribution in [0.4, 0.5) is 0 Å². The second-order valence-corrected chi connectivity index (χ2v) is 27.8. The number of nitrogens with one attached hydrogen (secondary N) is 13. The molecule has 3 rings (SSSR count). The summed E-state index contributed by atoms with van der Waals surface area (Å²) < 4.78 is 10.7. The first-order valence-corrected chi connectivity index (χ1v) is 37.0. The SMILES string of the molecule is CCC(C)C1NC(=O)C(CCC(=O)O)NC(=O)C(CO)NC(=O)CNC(=O)C(C(OC)C(=O)O)NC(=O)C(CCCCN)NC(=O)C(CC(=O)O)NC(=O)C(C)NC(=O)CN(C)C(=O)C(NC(=O)C(NC(=O)C(CCC(=O)O)NC(=O)C(Cc2c[nH]c3ccccc23)NC(=O)CCCCCCC(C)C)C(O)C(N)=O)C(C)OC1=O. The molecule has 0 bridgehead atoms. The van der Waals surface area contributed by atoms with E-state index in [1.165, 1.54) is 13.8 Å². The van der Waals surface area contributed by atoms with E-state index in [9.17, 15) is 122 Å². The number of unbranched alkanes of at least 4 members (excludes halogenated alkanes) is 4. The first kappa shape index (κ1) is 96.7. The maximum Gasteiger partial charge on any atom is 0.335 e. The van der Waals surface area contributed by atoms with Crippen LogP contribution in [0.5, 0.6) is 0 Å². The van der Waals surface area contributed by atoms with Crippen LogP contribution < -0.4 is 75.3 Å². The maximum atomic E-state index is 14.9. The number of fused-ring (bicyclic) bond motifs is 1. The Morgan fingerprint density at radius 3 is 1.82 bits per heavy atom. The van der Waals surface area contributed by atoms with Gasteiger partial charge in [0, 0.05) is 56.9 Å². The molecule has 1 aromatic heterocycles. The number of carboxylic acid groups (broad SMARTS) is 4. The molecule has 0 spiro atoms. The number of carbonyl (C=O) groups excluding carboxylic acids is 15. The number of aliphatic hydroxyl groups excluding tert-OH is 2. The zero-order chi connectivity index (χ0) is 85.8. The number of aromatic nitrogens is 1. The van der Waals surface area contributed by atoms with Crippen LogP contribution >= 0.6 is 0 Å². The summed E-state index contributed by atoms with van der Waals surface area (Å²) in [6.45, 7) is 5.43. The zero-order valence-corrected chi connectivity index (χ0v) is 64.6. The number of hydrogen-bond donors (Lipinski definition) is 21. The van der Waals surface area contributed by atoms with Gasteiger partial charge in [-0.15, -0.1) is 0 Å². The lowest BCUT2D eigenvalue weighted by atomic mass is 9.98. The van der Waals surface area contributed by atoms with Crippen LogP contribution in [0.1, 0.15) is 143 Å². The molecule has 0 saturated carbocycles. The minimum absolute atomic E-state index is 0.0136. The van der Waals surface area contributed by atoms with E-state index in [0.717, 1.165) is 47.3 Å². The van der Waals surface area contributed by atoms with Crippen molar-refractivity contribution in [3.63, 3.8) is 0 Å². The van der Waals surface area contributed by atoms with Gasteiger partial charge in [-0.25, -0.2) is 9.59 Å². The Morgan fingerprint density at radius 2 is 1.24 bits per heavy atom. The number of hydrogen-bond acceptors (Lipinski definition) is 24.